The van der Waals surface area contributed by atoms with Gasteiger partial charge in [0.1, 0.15) is 5.71 Å². The van der Waals surface area contributed by atoms with Crippen molar-refractivity contribution in [2.24, 2.45) is 5.16 Å². The number of hydrogen-bond acceptors (Lipinski definition) is 5. The first-order chi connectivity index (χ1) is 10.8. The third kappa shape index (κ3) is 3.09. The number of aromatic nitrogens is 1. The van der Waals surface area contributed by atoms with Crippen LogP contribution in [0.1, 0.15) is 21.7 Å². The average Bonchev–Trinajstić information content (AvgIpc) is 3.11. The van der Waals surface area contributed by atoms with Crippen molar-refractivity contribution in [2.45, 2.75) is 0 Å². The Labute approximate surface area is 126 Å². The smallest absolute Gasteiger partial charge is 0.400 e. The van der Waals surface area contributed by atoms with Crippen molar-refractivity contribution in [2.75, 3.05) is 0 Å². The molecule has 0 amide bonds. The summed E-state index contributed by atoms with van der Waals surface area (Å²) in [6.45, 7) is 0. The number of pyridine rings is 1. The van der Waals surface area contributed by atoms with Gasteiger partial charge in [0.05, 0.1) is 6.26 Å². The molecular weight excluding hydrogens is 280 g/mol. The van der Waals surface area contributed by atoms with Gasteiger partial charge >= 0.3 is 5.97 Å². The molecule has 0 N–H and O–H groups in total. The van der Waals surface area contributed by atoms with Gasteiger partial charge < -0.3 is 9.25 Å². The third-order valence-corrected chi connectivity index (χ3v) is 2.94. The van der Waals surface area contributed by atoms with E-state index in [0.29, 0.717) is 5.71 Å². The topological polar surface area (TPSA) is 64.7 Å². The fraction of sp³-hybridized carbons (Fsp3) is 0. The van der Waals surface area contributed by atoms with E-state index < -0.39 is 5.97 Å². The van der Waals surface area contributed by atoms with Gasteiger partial charge in [-0.1, -0.05) is 35.5 Å². The van der Waals surface area contributed by atoms with Gasteiger partial charge in [0.25, 0.3) is 0 Å². The van der Waals surface area contributed by atoms with Crippen molar-refractivity contribution in [3.8, 4) is 0 Å². The van der Waals surface area contributed by atoms with Crippen molar-refractivity contribution in [3.05, 3.63) is 90.1 Å². The maximum absolute atomic E-state index is 11.8. The SMILES string of the molecule is O=C(ON=C(c1ccccc1)c1ccncc1)c1ccco1. The normalized spacial score (nSPS) is 11.2. The maximum atomic E-state index is 11.8. The summed E-state index contributed by atoms with van der Waals surface area (Å²) in [7, 11) is 0. The Hall–Kier alpha value is -3.21. The summed E-state index contributed by atoms with van der Waals surface area (Å²) in [4.78, 5) is 20.8. The largest absolute Gasteiger partial charge is 0.457 e. The zero-order chi connectivity index (χ0) is 15.2. The van der Waals surface area contributed by atoms with Gasteiger partial charge in [-0.05, 0) is 24.3 Å². The molecule has 0 spiro atoms. The van der Waals surface area contributed by atoms with Gasteiger partial charge in [0.15, 0.2) is 0 Å². The Morgan fingerprint density at radius 3 is 2.36 bits per heavy atom. The summed E-state index contributed by atoms with van der Waals surface area (Å²) in [5.41, 5.74) is 2.18. The minimum absolute atomic E-state index is 0.103. The highest BCUT2D eigenvalue weighted by Crippen LogP contribution is 2.11. The molecule has 0 fully saturated rings. The van der Waals surface area contributed by atoms with Crippen LogP contribution in [-0.4, -0.2) is 16.7 Å². The lowest BCUT2D eigenvalue weighted by Crippen LogP contribution is -2.07. The van der Waals surface area contributed by atoms with Crippen molar-refractivity contribution in [3.63, 3.8) is 0 Å². The zero-order valence-corrected chi connectivity index (χ0v) is 11.5. The Bertz CT molecular complexity index is 725. The molecular formula is C17H12N2O3. The molecule has 0 aliphatic carbocycles. The van der Waals surface area contributed by atoms with Crippen LogP contribution < -0.4 is 0 Å². The number of carbonyl (C=O) groups excluding carboxylic acids is 1. The molecule has 0 atom stereocenters. The highest BCUT2D eigenvalue weighted by Gasteiger charge is 2.13. The highest BCUT2D eigenvalue weighted by atomic mass is 16.7. The number of benzene rings is 1. The fourth-order valence-electron chi connectivity index (χ4n) is 1.90. The summed E-state index contributed by atoms with van der Waals surface area (Å²) in [5.74, 6) is -0.543. The van der Waals surface area contributed by atoms with Crippen LogP contribution >= 0.6 is 0 Å². The highest BCUT2D eigenvalue weighted by molar-refractivity contribution is 6.12. The van der Waals surface area contributed by atoms with E-state index in [1.165, 1.54) is 12.3 Å². The maximum Gasteiger partial charge on any atom is 0.400 e. The summed E-state index contributed by atoms with van der Waals surface area (Å²) in [6, 6.07) is 16.2. The van der Waals surface area contributed by atoms with Crippen LogP contribution in [0, 0.1) is 0 Å². The second-order valence-corrected chi connectivity index (χ2v) is 4.40. The predicted octanol–water partition coefficient (Wildman–Crippen LogP) is 3.28. The first-order valence-electron chi connectivity index (χ1n) is 6.63. The third-order valence-electron chi connectivity index (χ3n) is 2.94. The van der Waals surface area contributed by atoms with Crippen LogP contribution in [0.25, 0.3) is 0 Å². The van der Waals surface area contributed by atoms with Crippen molar-refractivity contribution in [1.82, 2.24) is 4.98 Å². The summed E-state index contributed by atoms with van der Waals surface area (Å²) < 4.78 is 4.99. The van der Waals surface area contributed by atoms with Gasteiger partial charge in [-0.2, -0.15) is 0 Å². The van der Waals surface area contributed by atoms with E-state index in [9.17, 15) is 4.79 Å². The molecule has 3 aromatic rings. The quantitative estimate of drug-likeness (QED) is 0.420. The van der Waals surface area contributed by atoms with Gasteiger partial charge in [-0.25, -0.2) is 4.79 Å². The minimum Gasteiger partial charge on any atom is -0.457 e. The number of carbonyl (C=O) groups is 1. The van der Waals surface area contributed by atoms with Crippen LogP contribution in [0.2, 0.25) is 0 Å². The molecule has 0 radical (unpaired) electrons. The predicted molar refractivity (Wildman–Crippen MR) is 80.4 cm³/mol. The number of rotatable bonds is 4. The van der Waals surface area contributed by atoms with E-state index in [2.05, 4.69) is 10.1 Å². The van der Waals surface area contributed by atoms with Crippen LogP contribution in [0.4, 0.5) is 0 Å². The molecule has 0 saturated carbocycles. The number of nitrogens with zero attached hydrogens (tertiary/aromatic N) is 2. The lowest BCUT2D eigenvalue weighted by atomic mass is 10.0. The minimum atomic E-state index is -0.646. The molecule has 0 unspecified atom stereocenters. The zero-order valence-electron chi connectivity index (χ0n) is 11.5. The van der Waals surface area contributed by atoms with E-state index in [0.717, 1.165) is 11.1 Å². The van der Waals surface area contributed by atoms with Crippen LogP contribution in [0.5, 0.6) is 0 Å². The molecule has 0 aliphatic rings. The Morgan fingerprint density at radius 1 is 0.955 bits per heavy atom. The number of furan rings is 1. The molecule has 22 heavy (non-hydrogen) atoms. The van der Waals surface area contributed by atoms with Gasteiger partial charge in [-0.15, -0.1) is 0 Å². The molecule has 3 rings (SSSR count). The first-order valence-corrected chi connectivity index (χ1v) is 6.63. The summed E-state index contributed by atoms with van der Waals surface area (Å²) in [5, 5.41) is 4.00. The lowest BCUT2D eigenvalue weighted by molar-refractivity contribution is 0.0480. The number of oxime groups is 1. The standard InChI is InChI=1S/C17H12N2O3/c20-17(15-7-4-12-21-15)22-19-16(13-5-2-1-3-6-13)14-8-10-18-11-9-14/h1-12H. The van der Waals surface area contributed by atoms with E-state index >= 15 is 0 Å². The molecule has 2 aromatic heterocycles. The van der Waals surface area contributed by atoms with Gasteiger partial charge in [0, 0.05) is 23.5 Å². The molecule has 108 valence electrons. The van der Waals surface area contributed by atoms with E-state index in [1.807, 2.05) is 30.3 Å². The van der Waals surface area contributed by atoms with Crippen molar-refractivity contribution >= 4 is 11.7 Å². The molecule has 0 bridgehead atoms. The van der Waals surface area contributed by atoms with Crippen molar-refractivity contribution < 1.29 is 14.0 Å². The molecule has 0 aliphatic heterocycles. The van der Waals surface area contributed by atoms with E-state index in [4.69, 9.17) is 9.25 Å². The molecule has 2 heterocycles. The van der Waals surface area contributed by atoms with Crippen LogP contribution in [0.3, 0.4) is 0 Å². The summed E-state index contributed by atoms with van der Waals surface area (Å²) >= 11 is 0. The molecule has 5 nitrogen and oxygen atoms in total. The Balaban J connectivity index is 1.92. The molecule has 1 aromatic carbocycles. The molecule has 0 saturated heterocycles. The average molecular weight is 292 g/mol. The van der Waals surface area contributed by atoms with Gasteiger partial charge in [-0.3, -0.25) is 4.98 Å². The van der Waals surface area contributed by atoms with Crippen LogP contribution in [0.15, 0.2) is 82.8 Å². The summed E-state index contributed by atoms with van der Waals surface area (Å²) in [6.07, 6.45) is 4.71. The fourth-order valence-corrected chi connectivity index (χ4v) is 1.90. The first kappa shape index (κ1) is 13.8. The second-order valence-electron chi connectivity index (χ2n) is 4.40. The monoisotopic (exact) mass is 292 g/mol. The van der Waals surface area contributed by atoms with E-state index in [1.54, 1.807) is 30.6 Å². The van der Waals surface area contributed by atoms with Crippen LogP contribution in [-0.2, 0) is 4.84 Å². The molecule has 5 heteroatoms. The lowest BCUT2D eigenvalue weighted by Gasteiger charge is -2.05. The Kier molecular flexibility index (Phi) is 4.06. The Morgan fingerprint density at radius 2 is 1.68 bits per heavy atom. The van der Waals surface area contributed by atoms with Crippen molar-refractivity contribution in [1.29, 1.82) is 0 Å². The van der Waals surface area contributed by atoms with E-state index in [-0.39, 0.29) is 5.76 Å². The van der Waals surface area contributed by atoms with Gasteiger partial charge in [0.2, 0.25) is 5.76 Å². The second kappa shape index (κ2) is 6.49. The number of hydrogen-bond donors (Lipinski definition) is 0.